The first-order valence-corrected chi connectivity index (χ1v) is 8.53. The van der Waals surface area contributed by atoms with E-state index in [-0.39, 0.29) is 5.78 Å². The largest absolute Gasteiger partial charge is 0.417 e. The lowest BCUT2D eigenvalue weighted by Crippen LogP contribution is -2.06. The van der Waals surface area contributed by atoms with E-state index in [1.807, 2.05) is 37.3 Å². The molecule has 0 N–H and O–H groups in total. The molecule has 4 aromatic rings. The predicted octanol–water partition coefficient (Wildman–Crippen LogP) is 3.52. The second-order valence-electron chi connectivity index (χ2n) is 6.36. The molecule has 2 heterocycles. The quantitative estimate of drug-likeness (QED) is 0.546. The summed E-state index contributed by atoms with van der Waals surface area (Å²) >= 11 is 0. The third kappa shape index (κ3) is 3.48. The number of nitriles is 1. The van der Waals surface area contributed by atoms with Crippen molar-refractivity contribution in [1.82, 2.24) is 14.6 Å². The van der Waals surface area contributed by atoms with Crippen LogP contribution in [-0.2, 0) is 17.6 Å². The number of aryl methyl sites for hydroxylation is 1. The highest BCUT2D eigenvalue weighted by molar-refractivity contribution is 5.83. The molecule has 0 atom stereocenters. The van der Waals surface area contributed by atoms with Crippen molar-refractivity contribution in [2.24, 2.45) is 0 Å². The number of ketones is 1. The van der Waals surface area contributed by atoms with Gasteiger partial charge in [-0.25, -0.2) is 4.98 Å². The first kappa shape index (κ1) is 16.7. The Morgan fingerprint density at radius 3 is 2.67 bits per heavy atom. The van der Waals surface area contributed by atoms with E-state index in [1.54, 1.807) is 28.9 Å². The van der Waals surface area contributed by atoms with Crippen LogP contribution >= 0.6 is 0 Å². The van der Waals surface area contributed by atoms with Gasteiger partial charge < -0.3 is 4.42 Å². The summed E-state index contributed by atoms with van der Waals surface area (Å²) in [7, 11) is 0. The molecule has 6 nitrogen and oxygen atoms in total. The maximum Gasteiger partial charge on any atom is 0.246 e. The van der Waals surface area contributed by atoms with Gasteiger partial charge in [-0.05, 0) is 42.3 Å². The summed E-state index contributed by atoms with van der Waals surface area (Å²) in [4.78, 5) is 16.5. The number of aromatic nitrogens is 3. The van der Waals surface area contributed by atoms with Gasteiger partial charge in [-0.1, -0.05) is 24.3 Å². The Bertz CT molecular complexity index is 1160. The number of carbonyl (C=O) groups is 1. The molecule has 0 amide bonds. The first-order chi connectivity index (χ1) is 13.1. The van der Waals surface area contributed by atoms with Gasteiger partial charge in [-0.15, -0.1) is 5.10 Å². The summed E-state index contributed by atoms with van der Waals surface area (Å²) in [5, 5.41) is 13.3. The average Bonchev–Trinajstić information content (AvgIpc) is 3.25. The highest BCUT2D eigenvalue weighted by Crippen LogP contribution is 2.21. The number of rotatable bonds is 5. The third-order valence-electron chi connectivity index (χ3n) is 4.33. The van der Waals surface area contributed by atoms with Crippen LogP contribution in [0.5, 0.6) is 0 Å². The van der Waals surface area contributed by atoms with Crippen LogP contribution < -0.4 is 0 Å². The van der Waals surface area contributed by atoms with Crippen LogP contribution in [0.4, 0.5) is 0 Å². The fourth-order valence-electron chi connectivity index (χ4n) is 2.97. The van der Waals surface area contributed by atoms with Crippen LogP contribution in [0.1, 0.15) is 22.5 Å². The van der Waals surface area contributed by atoms with Gasteiger partial charge in [0, 0.05) is 18.4 Å². The highest BCUT2D eigenvalue weighted by Gasteiger charge is 2.11. The van der Waals surface area contributed by atoms with Crippen LogP contribution in [0, 0.1) is 18.3 Å². The van der Waals surface area contributed by atoms with Gasteiger partial charge in [-0.2, -0.15) is 9.78 Å². The lowest BCUT2D eigenvalue weighted by atomic mass is 10.0. The Labute approximate surface area is 155 Å². The molecule has 2 aromatic heterocycles. The van der Waals surface area contributed by atoms with E-state index in [0.717, 1.165) is 22.5 Å². The summed E-state index contributed by atoms with van der Waals surface area (Å²) in [6.45, 7) is 1.86. The van der Waals surface area contributed by atoms with Crippen molar-refractivity contribution in [3.8, 4) is 17.5 Å². The molecular formula is C21H16N4O2. The van der Waals surface area contributed by atoms with Crippen molar-refractivity contribution in [2.75, 3.05) is 0 Å². The topological polar surface area (TPSA) is 84.2 Å². The summed E-state index contributed by atoms with van der Waals surface area (Å²) in [5.74, 6) is 1.38. The molecule has 0 radical (unpaired) electrons. The van der Waals surface area contributed by atoms with Crippen LogP contribution in [0.2, 0.25) is 0 Å². The van der Waals surface area contributed by atoms with Gasteiger partial charge in [0.2, 0.25) is 11.6 Å². The number of Topliss-reactive ketones (excluding diaryl/α,β-unsaturated/α-hetero) is 1. The van der Waals surface area contributed by atoms with E-state index in [0.29, 0.717) is 30.0 Å². The van der Waals surface area contributed by atoms with Gasteiger partial charge in [0.05, 0.1) is 17.8 Å². The molecular weight excluding hydrogens is 340 g/mol. The van der Waals surface area contributed by atoms with E-state index in [1.165, 1.54) is 0 Å². The fraction of sp³-hybridized carbons (Fsp3) is 0.143. The molecule has 27 heavy (non-hydrogen) atoms. The van der Waals surface area contributed by atoms with Crippen LogP contribution in [0.25, 0.3) is 17.2 Å². The summed E-state index contributed by atoms with van der Waals surface area (Å²) in [6, 6.07) is 16.8. The smallest absolute Gasteiger partial charge is 0.246 e. The second kappa shape index (κ2) is 6.89. The van der Waals surface area contributed by atoms with Crippen molar-refractivity contribution >= 4 is 11.5 Å². The molecule has 0 fully saturated rings. The maximum atomic E-state index is 12.3. The minimum atomic E-state index is 0.102. The maximum absolute atomic E-state index is 12.3. The Balaban J connectivity index is 1.45. The minimum absolute atomic E-state index is 0.102. The highest BCUT2D eigenvalue weighted by atomic mass is 16.4. The Morgan fingerprint density at radius 2 is 1.93 bits per heavy atom. The van der Waals surface area contributed by atoms with E-state index < -0.39 is 0 Å². The average molecular weight is 356 g/mol. The summed E-state index contributed by atoms with van der Waals surface area (Å²) in [6.07, 6.45) is 2.29. The number of imidazole rings is 1. The van der Waals surface area contributed by atoms with E-state index in [9.17, 15) is 4.79 Å². The normalized spacial score (nSPS) is 10.8. The molecule has 132 valence electrons. The SMILES string of the molecule is Cc1ncc2oc(-c3ccc(CC(=O)Cc4cccc(C#N)c4)cc3)nn12. The van der Waals surface area contributed by atoms with Gasteiger partial charge >= 0.3 is 0 Å². The Morgan fingerprint density at radius 1 is 1.15 bits per heavy atom. The zero-order valence-corrected chi connectivity index (χ0v) is 14.7. The second-order valence-corrected chi connectivity index (χ2v) is 6.36. The van der Waals surface area contributed by atoms with Gasteiger partial charge in [0.25, 0.3) is 0 Å². The van der Waals surface area contributed by atoms with E-state index >= 15 is 0 Å². The number of hydrogen-bond donors (Lipinski definition) is 0. The van der Waals surface area contributed by atoms with Crippen LogP contribution in [0.15, 0.2) is 59.1 Å². The number of benzene rings is 2. The molecule has 0 unspecified atom stereocenters. The molecule has 0 aliphatic rings. The van der Waals surface area contributed by atoms with Crippen LogP contribution in [0.3, 0.4) is 0 Å². The molecule has 0 spiro atoms. The summed E-state index contributed by atoms with van der Waals surface area (Å²) < 4.78 is 7.35. The Hall–Kier alpha value is -3.72. The standard InChI is InChI=1S/C21H16N4O2/c1-14-23-13-20-25(14)24-21(27-20)18-7-5-15(6-8-18)10-19(26)11-16-3-2-4-17(9-16)12-22/h2-9,13H,10-11H2,1H3. The number of nitrogens with zero attached hydrogens (tertiary/aromatic N) is 4. The van der Waals surface area contributed by atoms with Crippen molar-refractivity contribution < 1.29 is 9.21 Å². The molecule has 0 bridgehead atoms. The van der Waals surface area contributed by atoms with Gasteiger partial charge in [-0.3, -0.25) is 4.79 Å². The van der Waals surface area contributed by atoms with E-state index in [2.05, 4.69) is 16.2 Å². The molecule has 0 aliphatic carbocycles. The minimum Gasteiger partial charge on any atom is -0.417 e. The van der Waals surface area contributed by atoms with Crippen molar-refractivity contribution in [3.05, 3.63) is 77.2 Å². The van der Waals surface area contributed by atoms with Crippen LogP contribution in [-0.4, -0.2) is 20.4 Å². The molecule has 4 rings (SSSR count). The first-order valence-electron chi connectivity index (χ1n) is 8.53. The van der Waals surface area contributed by atoms with Gasteiger partial charge in [0.15, 0.2) is 0 Å². The molecule has 6 heteroatoms. The van der Waals surface area contributed by atoms with E-state index in [4.69, 9.17) is 9.68 Å². The molecule has 2 aromatic carbocycles. The lowest BCUT2D eigenvalue weighted by Gasteiger charge is -2.03. The predicted molar refractivity (Wildman–Crippen MR) is 99.0 cm³/mol. The zero-order chi connectivity index (χ0) is 18.8. The molecule has 0 saturated heterocycles. The zero-order valence-electron chi connectivity index (χ0n) is 14.7. The van der Waals surface area contributed by atoms with Crippen molar-refractivity contribution in [1.29, 1.82) is 5.26 Å². The number of hydrogen-bond acceptors (Lipinski definition) is 5. The molecule has 0 saturated carbocycles. The number of fused-ring (bicyclic) bond motifs is 1. The Kier molecular flexibility index (Phi) is 4.27. The summed E-state index contributed by atoms with van der Waals surface area (Å²) in [5.41, 5.74) is 3.79. The lowest BCUT2D eigenvalue weighted by molar-refractivity contribution is -0.117. The third-order valence-corrected chi connectivity index (χ3v) is 4.33. The van der Waals surface area contributed by atoms with Crippen molar-refractivity contribution in [2.45, 2.75) is 19.8 Å². The van der Waals surface area contributed by atoms with Gasteiger partial charge in [0.1, 0.15) is 11.6 Å². The number of carbonyl (C=O) groups excluding carboxylic acids is 1. The monoisotopic (exact) mass is 356 g/mol. The fourth-order valence-corrected chi connectivity index (χ4v) is 2.97. The van der Waals surface area contributed by atoms with Crippen molar-refractivity contribution in [3.63, 3.8) is 0 Å². The molecule has 0 aliphatic heterocycles.